The molecule has 3 aromatic rings. The second-order valence-corrected chi connectivity index (χ2v) is 15.8. The number of anilines is 2. The van der Waals surface area contributed by atoms with Gasteiger partial charge in [-0.3, -0.25) is 9.52 Å². The van der Waals surface area contributed by atoms with Crippen molar-refractivity contribution in [2.24, 2.45) is 10.8 Å². The third kappa shape index (κ3) is 5.76. The average molecular weight is 602 g/mol. The van der Waals surface area contributed by atoms with Gasteiger partial charge in [-0.1, -0.05) is 50.6 Å². The smallest absolute Gasteiger partial charge is 0.262 e. The van der Waals surface area contributed by atoms with Crippen molar-refractivity contribution in [3.05, 3.63) is 83.4 Å². The Labute approximate surface area is 240 Å². The lowest BCUT2D eigenvalue weighted by Gasteiger charge is -2.39. The number of carbonyl (C=O) groups excluding carboxylic acids is 1. The van der Waals surface area contributed by atoms with E-state index in [0.717, 1.165) is 19.3 Å². The van der Waals surface area contributed by atoms with Gasteiger partial charge in [-0.05, 0) is 84.7 Å². The molecule has 2 bridgehead atoms. The summed E-state index contributed by atoms with van der Waals surface area (Å²) in [5.41, 5.74) is 0.803. The Morgan fingerprint density at radius 1 is 0.900 bits per heavy atom. The highest BCUT2D eigenvalue weighted by molar-refractivity contribution is 7.92. The van der Waals surface area contributed by atoms with Crippen molar-refractivity contribution in [1.82, 2.24) is 4.31 Å². The van der Waals surface area contributed by atoms with Gasteiger partial charge in [0.05, 0.1) is 20.5 Å². The molecule has 5 rings (SSSR count). The predicted molar refractivity (Wildman–Crippen MR) is 157 cm³/mol. The molecule has 1 saturated carbocycles. The summed E-state index contributed by atoms with van der Waals surface area (Å²) in [5.74, 6) is -0.496. The molecule has 0 spiro atoms. The van der Waals surface area contributed by atoms with Crippen LogP contribution in [-0.4, -0.2) is 39.6 Å². The lowest BCUT2D eigenvalue weighted by Crippen LogP contribution is -2.37. The Bertz CT molecular complexity index is 1670. The van der Waals surface area contributed by atoms with Crippen LogP contribution in [0.3, 0.4) is 0 Å². The normalized spacial score (nSPS) is 22.6. The number of benzene rings is 3. The van der Waals surface area contributed by atoms with Gasteiger partial charge in [0.2, 0.25) is 10.0 Å². The van der Waals surface area contributed by atoms with E-state index in [0.29, 0.717) is 6.54 Å². The van der Waals surface area contributed by atoms with E-state index in [1.54, 1.807) is 34.6 Å². The fourth-order valence-electron chi connectivity index (χ4n) is 6.29. The summed E-state index contributed by atoms with van der Waals surface area (Å²) >= 11 is 6.08. The van der Waals surface area contributed by atoms with Crippen LogP contribution in [0, 0.1) is 10.8 Å². The number of halogens is 1. The van der Waals surface area contributed by atoms with Crippen LogP contribution in [-0.2, 0) is 20.0 Å². The topological polar surface area (TPSA) is 113 Å². The number of rotatable bonds is 7. The van der Waals surface area contributed by atoms with Gasteiger partial charge in [-0.2, -0.15) is 4.31 Å². The van der Waals surface area contributed by atoms with Crippen molar-refractivity contribution < 1.29 is 21.6 Å². The van der Waals surface area contributed by atoms with Gasteiger partial charge in [0.1, 0.15) is 0 Å². The zero-order chi connectivity index (χ0) is 28.9. The molecule has 0 radical (unpaired) electrons. The summed E-state index contributed by atoms with van der Waals surface area (Å²) in [4.78, 5) is 13.0. The molecule has 0 unspecified atom stereocenters. The second kappa shape index (κ2) is 10.2. The maximum atomic E-state index is 13.5. The van der Waals surface area contributed by atoms with Crippen molar-refractivity contribution in [3.8, 4) is 0 Å². The predicted octanol–water partition coefficient (Wildman–Crippen LogP) is 5.98. The fourth-order valence-corrected chi connectivity index (χ4v) is 9.43. The van der Waals surface area contributed by atoms with Crippen molar-refractivity contribution >= 4 is 48.9 Å². The molecule has 2 aliphatic rings. The number of nitrogens with one attached hydrogen (secondary N) is 2. The standard InChI is InChI=1S/C29H32ClN3O5S2/c1-28(2)16-22-17-29(3,18-28)19-33(22)40(37,38)23-13-11-20(12-14-23)27(34)31-21-7-6-8-24(15-21)39(35,36)32-26-10-5-4-9-25(26)30/h4-15,22,32H,16-19H2,1-3H3,(H,31,34)/t22-,29-/m0/s1. The minimum Gasteiger partial charge on any atom is -0.322 e. The molecular formula is C29H32ClN3O5S2. The molecule has 2 fully saturated rings. The van der Waals surface area contributed by atoms with Crippen molar-refractivity contribution in [1.29, 1.82) is 0 Å². The van der Waals surface area contributed by atoms with Crippen LogP contribution >= 0.6 is 11.6 Å². The molecule has 1 amide bonds. The van der Waals surface area contributed by atoms with Crippen LogP contribution in [0.1, 0.15) is 50.4 Å². The van der Waals surface area contributed by atoms with Crippen molar-refractivity contribution in [2.75, 3.05) is 16.6 Å². The molecule has 1 heterocycles. The Kier molecular flexibility index (Phi) is 7.27. The van der Waals surface area contributed by atoms with Gasteiger partial charge in [0, 0.05) is 23.8 Å². The van der Waals surface area contributed by atoms with E-state index in [1.807, 2.05) is 0 Å². The molecule has 212 valence electrons. The molecule has 1 aliphatic heterocycles. The van der Waals surface area contributed by atoms with Gasteiger partial charge in [0.25, 0.3) is 15.9 Å². The molecule has 11 heteroatoms. The molecule has 1 saturated heterocycles. The number of amides is 1. The Morgan fingerprint density at radius 3 is 2.30 bits per heavy atom. The van der Waals surface area contributed by atoms with Crippen LogP contribution in [0.4, 0.5) is 11.4 Å². The highest BCUT2D eigenvalue weighted by Crippen LogP contribution is 2.53. The van der Waals surface area contributed by atoms with Crippen LogP contribution in [0.5, 0.6) is 0 Å². The van der Waals surface area contributed by atoms with Crippen LogP contribution in [0.15, 0.2) is 82.6 Å². The van der Waals surface area contributed by atoms with Crippen LogP contribution < -0.4 is 10.0 Å². The first kappa shape index (κ1) is 28.6. The summed E-state index contributed by atoms with van der Waals surface area (Å²) in [6, 6.07) is 18.1. The number of sulfonamides is 2. The summed E-state index contributed by atoms with van der Waals surface area (Å²) in [7, 11) is -7.68. The van der Waals surface area contributed by atoms with E-state index in [1.165, 1.54) is 42.5 Å². The van der Waals surface area contributed by atoms with E-state index in [2.05, 4.69) is 30.8 Å². The van der Waals surface area contributed by atoms with Crippen molar-refractivity contribution in [3.63, 3.8) is 0 Å². The Morgan fingerprint density at radius 2 is 1.60 bits per heavy atom. The van der Waals surface area contributed by atoms with E-state index in [4.69, 9.17) is 11.6 Å². The lowest BCUT2D eigenvalue weighted by molar-refractivity contribution is 0.102. The van der Waals surface area contributed by atoms with Crippen LogP contribution in [0.25, 0.3) is 0 Å². The number of carbonyl (C=O) groups is 1. The SMILES string of the molecule is CC1(C)C[C@H]2C[C@](C)(CN2S(=O)(=O)c2ccc(C(=O)Nc3cccc(S(=O)(=O)Nc4ccccc4Cl)c3)cc2)C1. The minimum absolute atomic E-state index is 0.0299. The zero-order valence-corrected chi connectivity index (χ0v) is 24.9. The molecule has 2 N–H and O–H groups in total. The monoisotopic (exact) mass is 601 g/mol. The first-order valence-electron chi connectivity index (χ1n) is 13.0. The number of para-hydroxylation sites is 1. The molecule has 0 aromatic heterocycles. The highest BCUT2D eigenvalue weighted by atomic mass is 35.5. The summed E-state index contributed by atoms with van der Waals surface area (Å²) in [5, 5.41) is 2.94. The summed E-state index contributed by atoms with van der Waals surface area (Å²) < 4.78 is 56.9. The Hall–Kier alpha value is -2.92. The van der Waals surface area contributed by atoms with Gasteiger partial charge >= 0.3 is 0 Å². The van der Waals surface area contributed by atoms with E-state index < -0.39 is 26.0 Å². The molecule has 1 aliphatic carbocycles. The number of fused-ring (bicyclic) bond motifs is 2. The number of nitrogens with zero attached hydrogens (tertiary/aromatic N) is 1. The maximum absolute atomic E-state index is 13.5. The van der Waals surface area contributed by atoms with E-state index in [9.17, 15) is 21.6 Å². The molecule has 40 heavy (non-hydrogen) atoms. The molecule has 3 aromatic carbocycles. The largest absolute Gasteiger partial charge is 0.322 e. The summed E-state index contributed by atoms with van der Waals surface area (Å²) in [6.07, 6.45) is 2.67. The van der Waals surface area contributed by atoms with Gasteiger partial charge in [-0.15, -0.1) is 0 Å². The summed E-state index contributed by atoms with van der Waals surface area (Å²) in [6.45, 7) is 7.05. The van der Waals surface area contributed by atoms with Gasteiger partial charge < -0.3 is 5.32 Å². The third-order valence-corrected chi connectivity index (χ3v) is 11.2. The molecular weight excluding hydrogens is 570 g/mol. The van der Waals surface area contributed by atoms with E-state index >= 15 is 0 Å². The Balaban J connectivity index is 1.30. The first-order chi connectivity index (χ1) is 18.7. The zero-order valence-electron chi connectivity index (χ0n) is 22.5. The quantitative estimate of drug-likeness (QED) is 0.346. The first-order valence-corrected chi connectivity index (χ1v) is 16.3. The van der Waals surface area contributed by atoms with Crippen molar-refractivity contribution in [2.45, 2.75) is 55.9 Å². The minimum atomic E-state index is -3.96. The second-order valence-electron chi connectivity index (χ2n) is 11.9. The third-order valence-electron chi connectivity index (χ3n) is 7.61. The fraction of sp³-hybridized carbons (Fsp3) is 0.345. The molecule has 8 nitrogen and oxygen atoms in total. The van der Waals surface area contributed by atoms with Crippen LogP contribution in [0.2, 0.25) is 5.02 Å². The maximum Gasteiger partial charge on any atom is 0.262 e. The highest BCUT2D eigenvalue weighted by Gasteiger charge is 2.53. The number of hydrogen-bond acceptors (Lipinski definition) is 5. The lowest BCUT2D eigenvalue weighted by atomic mass is 9.65. The molecule has 2 atom stereocenters. The number of hydrogen-bond donors (Lipinski definition) is 2. The van der Waals surface area contributed by atoms with Gasteiger partial charge in [-0.25, -0.2) is 16.8 Å². The van der Waals surface area contributed by atoms with E-state index in [-0.39, 0.29) is 48.6 Å². The van der Waals surface area contributed by atoms with Gasteiger partial charge in [0.15, 0.2) is 0 Å². The average Bonchev–Trinajstić information content (AvgIpc) is 3.14.